The van der Waals surface area contributed by atoms with Gasteiger partial charge in [0.15, 0.2) is 9.84 Å². The van der Waals surface area contributed by atoms with E-state index in [9.17, 15) is 18.0 Å². The molecule has 0 saturated carbocycles. The molecular weight excluding hydrogens is 394 g/mol. The summed E-state index contributed by atoms with van der Waals surface area (Å²) >= 11 is 0. The highest BCUT2D eigenvalue weighted by Crippen LogP contribution is 2.22. The molecular formula is C19H23N5O4S. The molecule has 1 atom stereocenters. The number of rotatable bonds is 3. The fraction of sp³-hybridized carbons (Fsp3) is 0.421. The summed E-state index contributed by atoms with van der Waals surface area (Å²) < 4.78 is 24.9. The van der Waals surface area contributed by atoms with E-state index in [1.807, 2.05) is 30.3 Å². The number of para-hydroxylation sites is 2. The Labute approximate surface area is 169 Å². The van der Waals surface area contributed by atoms with Crippen LogP contribution in [0.3, 0.4) is 0 Å². The molecule has 0 bridgehead atoms. The minimum Gasteiger partial charge on any atom is -0.339 e. The number of hydrogen-bond donors (Lipinski definition) is 1. The van der Waals surface area contributed by atoms with Gasteiger partial charge in [0.1, 0.15) is 0 Å². The molecule has 1 aromatic carbocycles. The van der Waals surface area contributed by atoms with Crippen molar-refractivity contribution >= 4 is 27.5 Å². The number of hydrogen-bond acceptors (Lipinski definition) is 5. The Kier molecular flexibility index (Phi) is 5.27. The smallest absolute Gasteiger partial charge is 0.322 e. The molecule has 3 heterocycles. The lowest BCUT2D eigenvalue weighted by Gasteiger charge is -2.35. The van der Waals surface area contributed by atoms with Crippen molar-refractivity contribution < 1.29 is 18.0 Å². The van der Waals surface area contributed by atoms with Crippen molar-refractivity contribution in [3.63, 3.8) is 0 Å². The summed E-state index contributed by atoms with van der Waals surface area (Å²) in [5.41, 5.74) is 1.41. The number of urea groups is 1. The van der Waals surface area contributed by atoms with Crippen molar-refractivity contribution in [3.05, 3.63) is 42.7 Å². The van der Waals surface area contributed by atoms with Gasteiger partial charge in [-0.25, -0.2) is 17.9 Å². The van der Waals surface area contributed by atoms with E-state index in [4.69, 9.17) is 0 Å². The standard InChI is InChI=1S/C19H23N5O4S/c25-18(15-6-13-29(27,28)14-15)22-9-11-23(12-10-22)19(26)21-16-4-1-2-5-17(16)24-8-3-7-20-24/h1-5,7-8,15H,6,9-14H2,(H,21,26)/t15-/m1/s1. The largest absolute Gasteiger partial charge is 0.339 e. The molecule has 9 nitrogen and oxygen atoms in total. The molecule has 1 aromatic heterocycles. The molecule has 3 amide bonds. The summed E-state index contributed by atoms with van der Waals surface area (Å²) in [4.78, 5) is 28.6. The minimum atomic E-state index is -3.09. The Hall–Kier alpha value is -2.88. The number of nitrogens with zero attached hydrogens (tertiary/aromatic N) is 4. The molecule has 1 N–H and O–H groups in total. The van der Waals surface area contributed by atoms with E-state index in [1.165, 1.54) is 0 Å². The van der Waals surface area contributed by atoms with Crippen LogP contribution in [-0.2, 0) is 14.6 Å². The van der Waals surface area contributed by atoms with Crippen molar-refractivity contribution in [2.75, 3.05) is 43.0 Å². The van der Waals surface area contributed by atoms with Gasteiger partial charge in [0.05, 0.1) is 28.8 Å². The zero-order chi connectivity index (χ0) is 20.4. The molecule has 0 radical (unpaired) electrons. The van der Waals surface area contributed by atoms with Crippen molar-refractivity contribution in [2.24, 2.45) is 5.92 Å². The second-order valence-electron chi connectivity index (χ2n) is 7.31. The second-order valence-corrected chi connectivity index (χ2v) is 9.54. The van der Waals surface area contributed by atoms with E-state index in [0.29, 0.717) is 38.3 Å². The van der Waals surface area contributed by atoms with Gasteiger partial charge in [-0.15, -0.1) is 0 Å². The van der Waals surface area contributed by atoms with Crippen LogP contribution in [-0.4, -0.2) is 77.6 Å². The molecule has 4 rings (SSSR count). The monoisotopic (exact) mass is 417 g/mol. The van der Waals surface area contributed by atoms with Crippen molar-refractivity contribution in [3.8, 4) is 5.69 Å². The molecule has 0 spiro atoms. The minimum absolute atomic E-state index is 0.0588. The second kappa shape index (κ2) is 7.86. The summed E-state index contributed by atoms with van der Waals surface area (Å²) in [5.74, 6) is -0.533. The molecule has 0 aliphatic carbocycles. The zero-order valence-corrected chi connectivity index (χ0v) is 16.7. The Morgan fingerprint density at radius 3 is 2.41 bits per heavy atom. The first-order valence-electron chi connectivity index (χ1n) is 9.57. The molecule has 0 unspecified atom stereocenters. The molecule has 2 saturated heterocycles. The van der Waals surface area contributed by atoms with Crippen LogP contribution in [0.4, 0.5) is 10.5 Å². The van der Waals surface area contributed by atoms with Crippen LogP contribution in [0.2, 0.25) is 0 Å². The number of amides is 3. The Morgan fingerprint density at radius 1 is 1.03 bits per heavy atom. The highest BCUT2D eigenvalue weighted by atomic mass is 32.2. The molecule has 10 heteroatoms. The SMILES string of the molecule is O=C(Nc1ccccc1-n1cccn1)N1CCN(C(=O)[C@@H]2CCS(=O)(=O)C2)CC1. The highest BCUT2D eigenvalue weighted by Gasteiger charge is 2.36. The topological polar surface area (TPSA) is 105 Å². The zero-order valence-electron chi connectivity index (χ0n) is 15.9. The van der Waals surface area contributed by atoms with E-state index in [2.05, 4.69) is 10.4 Å². The van der Waals surface area contributed by atoms with Gasteiger partial charge in [0.25, 0.3) is 0 Å². The number of carbonyl (C=O) groups excluding carboxylic acids is 2. The molecule has 29 heavy (non-hydrogen) atoms. The first-order valence-corrected chi connectivity index (χ1v) is 11.4. The van der Waals surface area contributed by atoms with E-state index < -0.39 is 15.8 Å². The number of anilines is 1. The van der Waals surface area contributed by atoms with Crippen molar-refractivity contribution in [1.82, 2.24) is 19.6 Å². The van der Waals surface area contributed by atoms with Gasteiger partial charge < -0.3 is 15.1 Å². The van der Waals surface area contributed by atoms with Crippen LogP contribution >= 0.6 is 0 Å². The molecule has 2 aromatic rings. The molecule has 2 aliphatic rings. The summed E-state index contributed by atoms with van der Waals surface area (Å²) in [6.45, 7) is 1.62. The third-order valence-electron chi connectivity index (χ3n) is 5.36. The van der Waals surface area contributed by atoms with Crippen LogP contribution in [0.25, 0.3) is 5.69 Å². The summed E-state index contributed by atoms with van der Waals surface area (Å²) in [7, 11) is -3.09. The van der Waals surface area contributed by atoms with Gasteiger partial charge in [0, 0.05) is 38.6 Å². The van der Waals surface area contributed by atoms with E-state index in [-0.39, 0.29) is 23.4 Å². The van der Waals surface area contributed by atoms with Gasteiger partial charge in [-0.05, 0) is 24.6 Å². The first-order chi connectivity index (χ1) is 13.9. The maximum atomic E-state index is 12.7. The van der Waals surface area contributed by atoms with Gasteiger partial charge >= 0.3 is 6.03 Å². The predicted octanol–water partition coefficient (Wildman–Crippen LogP) is 0.983. The van der Waals surface area contributed by atoms with Gasteiger partial charge in [-0.3, -0.25) is 4.79 Å². The normalized spacial score (nSPS) is 21.2. The summed E-state index contributed by atoms with van der Waals surface area (Å²) in [6.07, 6.45) is 3.87. The van der Waals surface area contributed by atoms with Gasteiger partial charge in [-0.2, -0.15) is 5.10 Å². The van der Waals surface area contributed by atoms with Crippen molar-refractivity contribution in [1.29, 1.82) is 0 Å². The number of aromatic nitrogens is 2. The van der Waals surface area contributed by atoms with Crippen LogP contribution in [0.5, 0.6) is 0 Å². The Balaban J connectivity index is 1.35. The first kappa shape index (κ1) is 19.4. The molecule has 154 valence electrons. The number of nitrogens with one attached hydrogen (secondary N) is 1. The third kappa shape index (κ3) is 4.26. The van der Waals surface area contributed by atoms with Gasteiger partial charge in [0.2, 0.25) is 5.91 Å². The maximum Gasteiger partial charge on any atom is 0.322 e. The van der Waals surface area contributed by atoms with Crippen LogP contribution < -0.4 is 5.32 Å². The Bertz CT molecular complexity index is 997. The summed E-state index contributed by atoms with van der Waals surface area (Å²) in [5, 5.41) is 7.13. The highest BCUT2D eigenvalue weighted by molar-refractivity contribution is 7.91. The average molecular weight is 417 g/mol. The summed E-state index contributed by atoms with van der Waals surface area (Å²) in [6, 6.07) is 8.98. The number of carbonyl (C=O) groups is 2. The lowest BCUT2D eigenvalue weighted by molar-refractivity contribution is -0.136. The third-order valence-corrected chi connectivity index (χ3v) is 7.13. The van der Waals surface area contributed by atoms with E-state index >= 15 is 0 Å². The number of sulfone groups is 1. The lowest BCUT2D eigenvalue weighted by Crippen LogP contribution is -2.53. The quantitative estimate of drug-likeness (QED) is 0.802. The fourth-order valence-electron chi connectivity index (χ4n) is 3.76. The predicted molar refractivity (Wildman–Crippen MR) is 107 cm³/mol. The van der Waals surface area contributed by atoms with Crippen LogP contribution in [0.1, 0.15) is 6.42 Å². The maximum absolute atomic E-state index is 12.7. The molecule has 2 fully saturated rings. The molecule has 2 aliphatic heterocycles. The van der Waals surface area contributed by atoms with Crippen molar-refractivity contribution in [2.45, 2.75) is 6.42 Å². The van der Waals surface area contributed by atoms with Gasteiger partial charge in [-0.1, -0.05) is 12.1 Å². The Morgan fingerprint density at radius 2 is 1.76 bits per heavy atom. The van der Waals surface area contributed by atoms with E-state index in [0.717, 1.165) is 5.69 Å². The average Bonchev–Trinajstić information content (AvgIpc) is 3.37. The van der Waals surface area contributed by atoms with Crippen LogP contribution in [0.15, 0.2) is 42.7 Å². The number of benzene rings is 1. The van der Waals surface area contributed by atoms with E-state index in [1.54, 1.807) is 26.9 Å². The lowest BCUT2D eigenvalue weighted by atomic mass is 10.1. The fourth-order valence-corrected chi connectivity index (χ4v) is 5.50. The van der Waals surface area contributed by atoms with Crippen LogP contribution in [0, 0.1) is 5.92 Å². The number of piperazine rings is 1.